The zero-order chi connectivity index (χ0) is 20.5. The molecule has 2 heterocycles. The van der Waals surface area contributed by atoms with Crippen molar-refractivity contribution < 1.29 is 9.59 Å². The number of aromatic amines is 1. The van der Waals surface area contributed by atoms with Gasteiger partial charge in [-0.1, -0.05) is 24.3 Å². The number of rotatable bonds is 3. The fourth-order valence-electron chi connectivity index (χ4n) is 2.88. The van der Waals surface area contributed by atoms with Gasteiger partial charge in [0, 0.05) is 19.0 Å². The zero-order valence-corrected chi connectivity index (χ0v) is 16.5. The van der Waals surface area contributed by atoms with E-state index in [0.717, 1.165) is 11.8 Å². The van der Waals surface area contributed by atoms with Crippen LogP contribution in [-0.2, 0) is 0 Å². The number of nitrogens with one attached hydrogen (secondary N) is 2. The summed E-state index contributed by atoms with van der Waals surface area (Å²) < 4.78 is 1.53. The van der Waals surface area contributed by atoms with Crippen LogP contribution in [-0.4, -0.2) is 44.7 Å². The van der Waals surface area contributed by atoms with Crippen LogP contribution in [0.3, 0.4) is 0 Å². The number of aromatic nitrogens is 3. The van der Waals surface area contributed by atoms with Crippen molar-refractivity contribution in [3.05, 3.63) is 70.6 Å². The summed E-state index contributed by atoms with van der Waals surface area (Å²) in [6, 6.07) is 14.1. The van der Waals surface area contributed by atoms with Gasteiger partial charge >= 0.3 is 0 Å². The molecule has 2 aromatic heterocycles. The standard InChI is InChI=1S/C20H17N5O3S/c1-24(2)20(28)29-16-10-6-4-8-14(16)22-19(27)13-11-21-25-15-9-5-3-7-12(15)18(26)23-17(13)25/h3-11H,1-2H3,(H,22,27)(H,23,26). The van der Waals surface area contributed by atoms with Crippen LogP contribution >= 0.6 is 11.8 Å². The summed E-state index contributed by atoms with van der Waals surface area (Å²) in [5.41, 5.74) is 1.35. The van der Waals surface area contributed by atoms with Crippen molar-refractivity contribution in [2.75, 3.05) is 19.4 Å². The van der Waals surface area contributed by atoms with Gasteiger partial charge in [-0.15, -0.1) is 0 Å². The number of nitrogens with zero attached hydrogens (tertiary/aromatic N) is 3. The van der Waals surface area contributed by atoms with Gasteiger partial charge in [0.25, 0.3) is 16.7 Å². The molecule has 0 aliphatic carbocycles. The smallest absolute Gasteiger partial charge is 0.286 e. The molecule has 146 valence electrons. The highest BCUT2D eigenvalue weighted by Gasteiger charge is 2.18. The number of thioether (sulfide) groups is 1. The number of para-hydroxylation sites is 2. The van der Waals surface area contributed by atoms with E-state index in [1.165, 1.54) is 15.6 Å². The Labute approximate surface area is 169 Å². The minimum atomic E-state index is -0.434. The molecule has 0 bridgehead atoms. The normalized spacial score (nSPS) is 11.0. The van der Waals surface area contributed by atoms with Gasteiger partial charge in [0.2, 0.25) is 0 Å². The summed E-state index contributed by atoms with van der Waals surface area (Å²) in [6.07, 6.45) is 1.41. The molecule has 0 aliphatic heterocycles. The molecule has 29 heavy (non-hydrogen) atoms. The van der Waals surface area contributed by atoms with Crippen LogP contribution in [0.25, 0.3) is 16.6 Å². The van der Waals surface area contributed by atoms with E-state index >= 15 is 0 Å². The van der Waals surface area contributed by atoms with Crippen LogP contribution in [0.2, 0.25) is 0 Å². The summed E-state index contributed by atoms with van der Waals surface area (Å²) in [6.45, 7) is 0. The second-order valence-corrected chi connectivity index (χ2v) is 7.50. The topological polar surface area (TPSA) is 99.6 Å². The Balaban J connectivity index is 1.71. The lowest BCUT2D eigenvalue weighted by Gasteiger charge is -2.12. The van der Waals surface area contributed by atoms with E-state index in [9.17, 15) is 14.4 Å². The summed E-state index contributed by atoms with van der Waals surface area (Å²) >= 11 is 1.02. The van der Waals surface area contributed by atoms with Crippen molar-refractivity contribution in [1.82, 2.24) is 19.5 Å². The van der Waals surface area contributed by atoms with Crippen LogP contribution in [0.15, 0.2) is 64.4 Å². The van der Waals surface area contributed by atoms with Gasteiger partial charge in [0.05, 0.1) is 22.8 Å². The number of carbonyl (C=O) groups excluding carboxylic acids is 2. The first-order valence-electron chi connectivity index (χ1n) is 8.74. The number of amides is 2. The van der Waals surface area contributed by atoms with Crippen molar-refractivity contribution in [1.29, 1.82) is 0 Å². The lowest BCUT2D eigenvalue weighted by molar-refractivity contribution is 0.102. The molecule has 9 heteroatoms. The number of fused-ring (bicyclic) bond motifs is 3. The predicted molar refractivity (Wildman–Crippen MR) is 113 cm³/mol. The largest absolute Gasteiger partial charge is 0.339 e. The van der Waals surface area contributed by atoms with E-state index in [1.54, 1.807) is 62.6 Å². The van der Waals surface area contributed by atoms with Gasteiger partial charge in [-0.3, -0.25) is 14.4 Å². The fourth-order valence-corrected chi connectivity index (χ4v) is 3.62. The van der Waals surface area contributed by atoms with E-state index in [-0.39, 0.29) is 16.4 Å². The Morgan fingerprint density at radius 3 is 2.62 bits per heavy atom. The number of benzene rings is 2. The van der Waals surface area contributed by atoms with Gasteiger partial charge in [-0.05, 0) is 36.0 Å². The molecule has 0 atom stereocenters. The minimum Gasteiger partial charge on any atom is -0.339 e. The average Bonchev–Trinajstić information content (AvgIpc) is 3.13. The molecule has 8 nitrogen and oxygen atoms in total. The number of anilines is 1. The quantitative estimate of drug-likeness (QED) is 0.508. The molecule has 0 spiro atoms. The first-order chi connectivity index (χ1) is 14.0. The van der Waals surface area contributed by atoms with Crippen LogP contribution < -0.4 is 10.9 Å². The molecule has 2 N–H and O–H groups in total. The Morgan fingerprint density at radius 1 is 1.10 bits per heavy atom. The Kier molecular flexibility index (Phi) is 4.81. The van der Waals surface area contributed by atoms with Crippen molar-refractivity contribution >= 4 is 45.1 Å². The summed E-state index contributed by atoms with van der Waals surface area (Å²) in [5, 5.41) is 7.41. The highest BCUT2D eigenvalue weighted by molar-refractivity contribution is 8.13. The maximum absolute atomic E-state index is 12.9. The maximum Gasteiger partial charge on any atom is 0.286 e. The maximum atomic E-state index is 12.9. The molecule has 4 rings (SSSR count). The Bertz CT molecular complexity index is 1310. The third-order valence-corrected chi connectivity index (χ3v) is 5.44. The average molecular weight is 407 g/mol. The minimum absolute atomic E-state index is 0.154. The molecular weight excluding hydrogens is 390 g/mol. The molecular formula is C20H17N5O3S. The van der Waals surface area contributed by atoms with Crippen LogP contribution in [0.1, 0.15) is 10.4 Å². The Morgan fingerprint density at radius 2 is 1.83 bits per heavy atom. The van der Waals surface area contributed by atoms with E-state index in [4.69, 9.17) is 0 Å². The summed E-state index contributed by atoms with van der Waals surface area (Å²) in [4.78, 5) is 42.2. The number of H-pyrrole nitrogens is 1. The van der Waals surface area contributed by atoms with Crippen molar-refractivity contribution in [3.63, 3.8) is 0 Å². The van der Waals surface area contributed by atoms with Crippen molar-refractivity contribution in [2.45, 2.75) is 4.90 Å². The molecule has 0 aliphatic rings. The van der Waals surface area contributed by atoms with Gasteiger partial charge in [0.15, 0.2) is 0 Å². The van der Waals surface area contributed by atoms with Gasteiger partial charge in [-0.2, -0.15) is 5.10 Å². The first kappa shape index (κ1) is 18.8. The molecule has 0 fully saturated rings. The SMILES string of the molecule is CN(C)C(=O)Sc1ccccc1NC(=O)c1cnn2c1[nH]c(=O)c1ccccc12. The highest BCUT2D eigenvalue weighted by Crippen LogP contribution is 2.29. The summed E-state index contributed by atoms with van der Waals surface area (Å²) in [5.74, 6) is -0.434. The molecule has 0 radical (unpaired) electrons. The number of hydrogen-bond donors (Lipinski definition) is 2. The van der Waals surface area contributed by atoms with E-state index in [0.29, 0.717) is 27.1 Å². The lowest BCUT2D eigenvalue weighted by atomic mass is 10.2. The van der Waals surface area contributed by atoms with E-state index < -0.39 is 5.91 Å². The van der Waals surface area contributed by atoms with Crippen LogP contribution in [0.5, 0.6) is 0 Å². The fraction of sp³-hybridized carbons (Fsp3) is 0.100. The monoisotopic (exact) mass is 407 g/mol. The van der Waals surface area contributed by atoms with Crippen molar-refractivity contribution in [3.8, 4) is 0 Å². The third-order valence-electron chi connectivity index (χ3n) is 4.32. The molecule has 4 aromatic rings. The number of hydrogen-bond acceptors (Lipinski definition) is 5. The molecule has 2 amide bonds. The second-order valence-electron chi connectivity index (χ2n) is 6.50. The molecule has 2 aromatic carbocycles. The highest BCUT2D eigenvalue weighted by atomic mass is 32.2. The van der Waals surface area contributed by atoms with Gasteiger partial charge < -0.3 is 15.2 Å². The third kappa shape index (κ3) is 3.47. The van der Waals surface area contributed by atoms with E-state index in [1.807, 2.05) is 0 Å². The number of carbonyl (C=O) groups is 2. The van der Waals surface area contributed by atoms with Gasteiger partial charge in [-0.25, -0.2) is 4.52 Å². The predicted octanol–water partition coefficient (Wildman–Crippen LogP) is 3.20. The lowest BCUT2D eigenvalue weighted by Crippen LogP contribution is -2.17. The van der Waals surface area contributed by atoms with Crippen LogP contribution in [0, 0.1) is 0 Å². The zero-order valence-electron chi connectivity index (χ0n) is 15.7. The van der Waals surface area contributed by atoms with Crippen molar-refractivity contribution in [2.24, 2.45) is 0 Å². The van der Waals surface area contributed by atoms with E-state index in [2.05, 4.69) is 15.4 Å². The summed E-state index contributed by atoms with van der Waals surface area (Å²) in [7, 11) is 3.33. The Hall–Kier alpha value is -3.59. The first-order valence-corrected chi connectivity index (χ1v) is 9.55. The molecule has 0 saturated heterocycles. The molecule has 0 saturated carbocycles. The van der Waals surface area contributed by atoms with Gasteiger partial charge in [0.1, 0.15) is 11.2 Å². The second kappa shape index (κ2) is 7.44. The molecule has 0 unspecified atom stereocenters. The van der Waals surface area contributed by atoms with Crippen LogP contribution in [0.4, 0.5) is 10.5 Å².